The molecule has 0 saturated carbocycles. The van der Waals surface area contributed by atoms with E-state index in [-0.39, 0.29) is 5.96 Å². The van der Waals surface area contributed by atoms with Crippen LogP contribution < -0.4 is 21.9 Å². The lowest BCUT2D eigenvalue weighted by atomic mass is 9.85. The zero-order chi connectivity index (χ0) is 20.4. The van der Waals surface area contributed by atoms with Gasteiger partial charge in [0, 0.05) is 6.61 Å². The van der Waals surface area contributed by atoms with E-state index in [2.05, 4.69) is 24.4 Å². The predicted molar refractivity (Wildman–Crippen MR) is 82.7 cm³/mol. The van der Waals surface area contributed by atoms with Crippen LogP contribution in [0.2, 0.25) is 0 Å². The first-order valence-corrected chi connectivity index (χ1v) is 8.60. The Morgan fingerprint density at radius 2 is 2.00 bits per heavy atom. The fraction of sp³-hybridized carbons (Fsp3) is 0.700. The van der Waals surface area contributed by atoms with Gasteiger partial charge in [-0.15, -0.1) is 4.40 Å². The smallest absolute Gasteiger partial charge is 0.380 e. The van der Waals surface area contributed by atoms with Crippen LogP contribution in [-0.2, 0) is 15.0 Å². The Balaban J connectivity index is 1.97. The quantitative estimate of drug-likeness (QED) is 0.0930. The molecule has 1 saturated heterocycles. The van der Waals surface area contributed by atoms with E-state index in [9.17, 15) is 34.0 Å². The van der Waals surface area contributed by atoms with Crippen molar-refractivity contribution in [3.8, 4) is 0 Å². The maximum absolute atomic E-state index is 11.3. The molecule has 10 N–H and O–H groups in total. The monoisotopic (exact) mass is 410 g/mol. The molecule has 1 spiro atoms. The first-order valence-electron chi connectivity index (χ1n) is 7.20. The lowest BCUT2D eigenvalue weighted by Gasteiger charge is -2.49. The van der Waals surface area contributed by atoms with Crippen molar-refractivity contribution in [2.75, 3.05) is 13.2 Å². The van der Waals surface area contributed by atoms with Crippen LogP contribution in [0, 0.1) is 0 Å². The van der Waals surface area contributed by atoms with E-state index in [4.69, 9.17) is 16.0 Å². The molecule has 1 fully saturated rings. The average molecular weight is 410 g/mol. The van der Waals surface area contributed by atoms with Gasteiger partial charge >= 0.3 is 10.3 Å². The Bertz CT molecular complexity index is 853. The molecular weight excluding hydrogens is 394 g/mol. The Hall–Kier alpha value is -2.44. The number of nitrogens with zero attached hydrogens (tertiary/aromatic N) is 4. The third kappa shape index (κ3) is 2.71. The Morgan fingerprint density at radius 3 is 2.59 bits per heavy atom. The number of aliphatic imine (C=N–C) groups is 2. The molecule has 0 aliphatic carbocycles. The van der Waals surface area contributed by atoms with Crippen LogP contribution in [0.3, 0.4) is 0 Å². The van der Waals surface area contributed by atoms with Crippen LogP contribution in [0.25, 0.3) is 0 Å². The van der Waals surface area contributed by atoms with Crippen molar-refractivity contribution >= 4 is 28.3 Å². The van der Waals surface area contributed by atoms with Crippen LogP contribution in [0.5, 0.6) is 0 Å². The zero-order valence-corrected chi connectivity index (χ0v) is 14.1. The second-order valence-corrected chi connectivity index (χ2v) is 7.17. The van der Waals surface area contributed by atoms with Gasteiger partial charge in [-0.1, -0.05) is 0 Å². The topological polar surface area (TPSA) is 272 Å². The number of guanidine groups is 2. The zero-order valence-electron chi connectivity index (χ0n) is 13.3. The van der Waals surface area contributed by atoms with Gasteiger partial charge in [-0.2, -0.15) is 8.42 Å². The van der Waals surface area contributed by atoms with Crippen LogP contribution in [0.1, 0.15) is 0 Å². The maximum Gasteiger partial charge on any atom is 0.380 e. The summed E-state index contributed by atoms with van der Waals surface area (Å²) in [6, 6.07) is -2.59. The van der Waals surface area contributed by atoms with E-state index >= 15 is 0 Å². The number of rotatable bonds is 3. The second-order valence-electron chi connectivity index (χ2n) is 6.10. The summed E-state index contributed by atoms with van der Waals surface area (Å²) in [5.41, 5.74) is 9.19. The van der Waals surface area contributed by atoms with Gasteiger partial charge in [-0.05, 0) is 0 Å². The van der Waals surface area contributed by atoms with Crippen LogP contribution in [0.4, 0.5) is 0 Å². The van der Waals surface area contributed by atoms with E-state index < -0.39 is 64.8 Å². The molecule has 0 bridgehead atoms. The van der Waals surface area contributed by atoms with Crippen molar-refractivity contribution in [3.05, 3.63) is 0 Å². The first kappa shape index (κ1) is 19.3. The molecule has 3 heterocycles. The van der Waals surface area contributed by atoms with Crippen LogP contribution in [0.15, 0.2) is 14.4 Å². The highest BCUT2D eigenvalue weighted by molar-refractivity contribution is 7.84. The van der Waals surface area contributed by atoms with Gasteiger partial charge in [0.15, 0.2) is 18.0 Å². The summed E-state index contributed by atoms with van der Waals surface area (Å²) >= 11 is 0. The predicted octanol–water partition coefficient (Wildman–Crippen LogP) is -7.12. The van der Waals surface area contributed by atoms with Gasteiger partial charge < -0.3 is 52.0 Å². The van der Waals surface area contributed by atoms with E-state index in [1.54, 1.807) is 0 Å². The summed E-state index contributed by atoms with van der Waals surface area (Å²) in [4.78, 5) is 8.79. The largest absolute Gasteiger partial charge is 0.597 e. The molecule has 3 aliphatic heterocycles. The standard InChI is InChI=1S/C10H17N7O9S/c11-5-14-4-3(1-26-7(18)16-27(23,24)25)13-6(12)17-2-8(19,20)10(21,22)9(4,17)15-5/h3-4,19-22H,1-2H2,(H2,12,13)(H,16,18)(H3,11,14,15)(H,23,24,25)/p-1/t3-,4-,9-/m0/s1. The summed E-state index contributed by atoms with van der Waals surface area (Å²) in [5.74, 6) is -7.03. The van der Waals surface area contributed by atoms with Gasteiger partial charge in [0.1, 0.15) is 6.04 Å². The van der Waals surface area contributed by atoms with E-state index in [0.717, 1.165) is 4.90 Å². The number of aliphatic hydroxyl groups is 4. The minimum atomic E-state index is -4.99. The molecule has 3 rings (SSSR count). The highest BCUT2D eigenvalue weighted by atomic mass is 32.2. The fourth-order valence-electron chi connectivity index (χ4n) is 3.36. The van der Waals surface area contributed by atoms with Gasteiger partial charge in [-0.25, -0.2) is 9.98 Å². The molecular formula is C10H16N7O9S-. The summed E-state index contributed by atoms with van der Waals surface area (Å²) < 4.78 is 36.5. The van der Waals surface area contributed by atoms with Gasteiger partial charge in [0.05, 0.1) is 12.6 Å². The van der Waals surface area contributed by atoms with Crippen LogP contribution >= 0.6 is 0 Å². The molecule has 0 amide bonds. The molecule has 0 unspecified atom stereocenters. The number of hydrogen-bond donors (Lipinski definition) is 8. The molecule has 152 valence electrons. The summed E-state index contributed by atoms with van der Waals surface area (Å²) in [6.07, 6.45) is -1.67. The van der Waals surface area contributed by atoms with Crippen molar-refractivity contribution in [3.63, 3.8) is 0 Å². The molecule has 27 heavy (non-hydrogen) atoms. The third-order valence-electron chi connectivity index (χ3n) is 4.43. The Morgan fingerprint density at radius 1 is 1.37 bits per heavy atom. The normalized spacial score (nSPS) is 34.3. The van der Waals surface area contributed by atoms with Gasteiger partial charge in [0.2, 0.25) is 11.4 Å². The minimum Gasteiger partial charge on any atom is -0.597 e. The third-order valence-corrected chi connectivity index (χ3v) is 4.81. The molecule has 0 aromatic carbocycles. The lowest BCUT2D eigenvalue weighted by Crippen LogP contribution is -2.78. The number of hydrogen-bond acceptors (Lipinski definition) is 14. The van der Waals surface area contributed by atoms with Crippen molar-refractivity contribution in [1.29, 1.82) is 0 Å². The van der Waals surface area contributed by atoms with E-state index in [1.165, 1.54) is 0 Å². The van der Waals surface area contributed by atoms with Crippen molar-refractivity contribution in [2.24, 2.45) is 25.8 Å². The molecule has 17 heteroatoms. The van der Waals surface area contributed by atoms with E-state index in [1.807, 2.05) is 0 Å². The lowest BCUT2D eigenvalue weighted by molar-refractivity contribution is -0.357. The highest BCUT2D eigenvalue weighted by Gasteiger charge is 2.78. The SMILES string of the molecule is NC1=N[C@H]2[C@H](COC([O-])=NS(=O)(=O)O)N=C(N)N3CC(O)(O)C(O)(O)[C@]23N1. The second kappa shape index (κ2) is 5.53. The Kier molecular flexibility index (Phi) is 3.96. The van der Waals surface area contributed by atoms with Crippen molar-refractivity contribution < 1.29 is 43.2 Å². The molecule has 3 aliphatic rings. The number of nitrogens with one attached hydrogen (secondary N) is 1. The minimum absolute atomic E-state index is 0.320. The highest BCUT2D eigenvalue weighted by Crippen LogP contribution is 2.47. The van der Waals surface area contributed by atoms with Crippen molar-refractivity contribution in [2.45, 2.75) is 29.3 Å². The molecule has 16 nitrogen and oxygen atoms in total. The maximum atomic E-state index is 11.3. The summed E-state index contributed by atoms with van der Waals surface area (Å²) in [6.45, 7) is -1.48. The van der Waals surface area contributed by atoms with Gasteiger partial charge in [-0.3, -0.25) is 4.55 Å². The van der Waals surface area contributed by atoms with Gasteiger partial charge in [0.25, 0.3) is 5.79 Å². The molecule has 3 atom stereocenters. The Labute approximate surface area is 151 Å². The van der Waals surface area contributed by atoms with Crippen LogP contribution in [-0.4, -0.2) is 98.8 Å². The summed E-state index contributed by atoms with van der Waals surface area (Å²) in [5, 5.41) is 54.6. The molecule has 0 aromatic heterocycles. The fourth-order valence-corrected chi connectivity index (χ4v) is 3.60. The molecule has 0 aromatic rings. The number of ether oxygens (including phenoxy) is 1. The first-order chi connectivity index (χ1) is 12.2. The molecule has 0 radical (unpaired) electrons. The van der Waals surface area contributed by atoms with Crippen molar-refractivity contribution in [1.82, 2.24) is 10.2 Å². The van der Waals surface area contributed by atoms with E-state index in [0.29, 0.717) is 0 Å². The summed E-state index contributed by atoms with van der Waals surface area (Å²) in [7, 11) is -4.99. The average Bonchev–Trinajstić information content (AvgIpc) is 2.91. The number of nitrogens with two attached hydrogens (primary N) is 2.